The lowest BCUT2D eigenvalue weighted by atomic mass is 9.98. The molecule has 1 aromatic rings. The van der Waals surface area contributed by atoms with Crippen LogP contribution in [0.2, 0.25) is 0 Å². The molecular weight excluding hydrogens is 326 g/mol. The van der Waals surface area contributed by atoms with Crippen LogP contribution in [0, 0.1) is 0 Å². The molecule has 0 radical (unpaired) electrons. The smallest absolute Gasteiger partial charge is 0.222 e. The Balaban J connectivity index is 1.87. The van der Waals surface area contributed by atoms with Crippen LogP contribution in [0.15, 0.2) is 24.3 Å². The molecule has 0 unspecified atom stereocenters. The third kappa shape index (κ3) is 4.99. The molecular formula is C18H27NO6. The van der Waals surface area contributed by atoms with Gasteiger partial charge in [-0.25, -0.2) is 0 Å². The minimum Gasteiger partial charge on any atom is -0.394 e. The van der Waals surface area contributed by atoms with E-state index in [-0.39, 0.29) is 12.3 Å². The fourth-order valence-electron chi connectivity index (χ4n) is 2.78. The quantitative estimate of drug-likeness (QED) is 0.477. The summed E-state index contributed by atoms with van der Waals surface area (Å²) in [6, 6.07) is 8.04. The SMILES string of the molecule is CC(C)c1ccc(CCC(=O)N[C@@H]2O[C@H](CO)[C@@H](O)[C@H](O)[C@H]2O)cc1. The van der Waals surface area contributed by atoms with Gasteiger partial charge in [0.1, 0.15) is 24.4 Å². The van der Waals surface area contributed by atoms with E-state index in [1.165, 1.54) is 5.56 Å². The molecule has 0 aromatic heterocycles. The van der Waals surface area contributed by atoms with E-state index in [1.54, 1.807) is 0 Å². The Kier molecular flexibility index (Phi) is 6.92. The lowest BCUT2D eigenvalue weighted by Crippen LogP contribution is -2.63. The molecule has 0 saturated carbocycles. The van der Waals surface area contributed by atoms with E-state index in [9.17, 15) is 20.1 Å². The van der Waals surface area contributed by atoms with E-state index in [4.69, 9.17) is 9.84 Å². The number of aliphatic hydroxyl groups is 4. The molecule has 0 aliphatic carbocycles. The lowest BCUT2D eigenvalue weighted by Gasteiger charge is -2.40. The largest absolute Gasteiger partial charge is 0.394 e. The fraction of sp³-hybridized carbons (Fsp3) is 0.611. The summed E-state index contributed by atoms with van der Waals surface area (Å²) in [6.07, 6.45) is -5.89. The van der Waals surface area contributed by atoms with Gasteiger partial charge >= 0.3 is 0 Å². The third-order valence-corrected chi connectivity index (χ3v) is 4.48. The number of rotatable bonds is 6. The number of carbonyl (C=O) groups is 1. The molecule has 1 aliphatic rings. The Hall–Kier alpha value is -1.51. The van der Waals surface area contributed by atoms with Gasteiger partial charge in [0, 0.05) is 6.42 Å². The van der Waals surface area contributed by atoms with Gasteiger partial charge in [-0.15, -0.1) is 0 Å². The van der Waals surface area contributed by atoms with E-state index in [1.807, 2.05) is 24.3 Å². The van der Waals surface area contributed by atoms with Crippen LogP contribution in [0.25, 0.3) is 0 Å². The summed E-state index contributed by atoms with van der Waals surface area (Å²) in [7, 11) is 0. The van der Waals surface area contributed by atoms with Crippen LogP contribution in [-0.2, 0) is 16.0 Å². The van der Waals surface area contributed by atoms with E-state index in [0.717, 1.165) is 5.56 Å². The number of aryl methyl sites for hydroxylation is 1. The van der Waals surface area contributed by atoms with E-state index in [0.29, 0.717) is 12.3 Å². The first-order chi connectivity index (χ1) is 11.8. The maximum atomic E-state index is 12.1. The summed E-state index contributed by atoms with van der Waals surface area (Å²) in [5, 5.41) is 41.0. The van der Waals surface area contributed by atoms with Crippen molar-refractivity contribution in [1.82, 2.24) is 5.32 Å². The Morgan fingerprint density at radius 3 is 2.32 bits per heavy atom. The van der Waals surface area contributed by atoms with Gasteiger partial charge in [0.05, 0.1) is 6.61 Å². The van der Waals surface area contributed by atoms with Crippen molar-refractivity contribution in [3.05, 3.63) is 35.4 Å². The number of carbonyl (C=O) groups excluding carboxylic acids is 1. The predicted octanol–water partition coefficient (Wildman–Crippen LogP) is -0.341. The molecule has 7 heteroatoms. The maximum absolute atomic E-state index is 12.1. The highest BCUT2D eigenvalue weighted by molar-refractivity contribution is 5.76. The van der Waals surface area contributed by atoms with Gasteiger partial charge < -0.3 is 30.5 Å². The average Bonchev–Trinajstić information content (AvgIpc) is 2.60. The van der Waals surface area contributed by atoms with Crippen LogP contribution in [-0.4, -0.2) is 63.6 Å². The van der Waals surface area contributed by atoms with Gasteiger partial charge in [-0.1, -0.05) is 38.1 Å². The first kappa shape index (κ1) is 19.8. The first-order valence-corrected chi connectivity index (χ1v) is 8.52. The fourth-order valence-corrected chi connectivity index (χ4v) is 2.78. The van der Waals surface area contributed by atoms with Crippen LogP contribution < -0.4 is 5.32 Å². The summed E-state index contributed by atoms with van der Waals surface area (Å²) < 4.78 is 5.25. The number of ether oxygens (including phenoxy) is 1. The van der Waals surface area contributed by atoms with E-state index < -0.39 is 37.3 Å². The van der Waals surface area contributed by atoms with Crippen LogP contribution in [0.1, 0.15) is 37.3 Å². The predicted molar refractivity (Wildman–Crippen MR) is 90.8 cm³/mol. The second-order valence-corrected chi connectivity index (χ2v) is 6.71. The maximum Gasteiger partial charge on any atom is 0.222 e. The second kappa shape index (κ2) is 8.73. The number of amides is 1. The van der Waals surface area contributed by atoms with Gasteiger partial charge in [0.15, 0.2) is 6.23 Å². The van der Waals surface area contributed by atoms with Crippen molar-refractivity contribution < 1.29 is 30.0 Å². The van der Waals surface area contributed by atoms with Crippen molar-refractivity contribution in [1.29, 1.82) is 0 Å². The van der Waals surface area contributed by atoms with Crippen LogP contribution >= 0.6 is 0 Å². The molecule has 5 atom stereocenters. The molecule has 1 amide bonds. The Labute approximate surface area is 147 Å². The summed E-state index contributed by atoms with van der Waals surface area (Å²) in [4.78, 5) is 12.1. The van der Waals surface area contributed by atoms with Gasteiger partial charge in [0.25, 0.3) is 0 Å². The van der Waals surface area contributed by atoms with Crippen LogP contribution in [0.4, 0.5) is 0 Å². The Morgan fingerprint density at radius 1 is 1.12 bits per heavy atom. The van der Waals surface area contributed by atoms with Gasteiger partial charge in [-0.05, 0) is 23.5 Å². The molecule has 0 bridgehead atoms. The first-order valence-electron chi connectivity index (χ1n) is 8.52. The highest BCUT2D eigenvalue weighted by Gasteiger charge is 2.43. The van der Waals surface area contributed by atoms with Gasteiger partial charge in [-0.2, -0.15) is 0 Å². The van der Waals surface area contributed by atoms with Gasteiger partial charge in [0.2, 0.25) is 5.91 Å². The summed E-state index contributed by atoms with van der Waals surface area (Å²) in [5.74, 6) is 0.0980. The minimum atomic E-state index is -1.50. The van der Waals surface area contributed by atoms with E-state index >= 15 is 0 Å². The zero-order chi connectivity index (χ0) is 18.6. The van der Waals surface area contributed by atoms with Crippen molar-refractivity contribution in [2.24, 2.45) is 0 Å². The zero-order valence-corrected chi connectivity index (χ0v) is 14.5. The molecule has 7 nitrogen and oxygen atoms in total. The summed E-state index contributed by atoms with van der Waals surface area (Å²) >= 11 is 0. The van der Waals surface area contributed by atoms with Crippen molar-refractivity contribution >= 4 is 5.91 Å². The van der Waals surface area contributed by atoms with E-state index in [2.05, 4.69) is 19.2 Å². The molecule has 1 aromatic carbocycles. The van der Waals surface area contributed by atoms with Crippen molar-refractivity contribution in [3.63, 3.8) is 0 Å². The molecule has 25 heavy (non-hydrogen) atoms. The number of aliphatic hydroxyl groups excluding tert-OH is 4. The number of hydrogen-bond acceptors (Lipinski definition) is 6. The minimum absolute atomic E-state index is 0.191. The van der Waals surface area contributed by atoms with Crippen LogP contribution in [0.5, 0.6) is 0 Å². The Bertz CT molecular complexity index is 559. The number of nitrogens with one attached hydrogen (secondary N) is 1. The number of benzene rings is 1. The molecule has 1 heterocycles. The Morgan fingerprint density at radius 2 is 1.76 bits per heavy atom. The van der Waals surface area contributed by atoms with Crippen molar-refractivity contribution in [2.45, 2.75) is 63.3 Å². The molecule has 1 fully saturated rings. The van der Waals surface area contributed by atoms with Gasteiger partial charge in [-0.3, -0.25) is 4.79 Å². The topological polar surface area (TPSA) is 119 Å². The molecule has 5 N–H and O–H groups in total. The standard InChI is InChI=1S/C18H27NO6/c1-10(2)12-6-3-11(4-7-12)5-8-14(21)19-18-17(24)16(23)15(22)13(9-20)25-18/h3-4,6-7,10,13,15-18,20,22-24H,5,8-9H2,1-2H3,(H,19,21)/t13-,15-,16+,17-,18-/m1/s1. The van der Waals surface area contributed by atoms with Crippen molar-refractivity contribution in [2.75, 3.05) is 6.61 Å². The lowest BCUT2D eigenvalue weighted by molar-refractivity contribution is -0.235. The monoisotopic (exact) mass is 353 g/mol. The highest BCUT2D eigenvalue weighted by Crippen LogP contribution is 2.20. The zero-order valence-electron chi connectivity index (χ0n) is 14.5. The highest BCUT2D eigenvalue weighted by atomic mass is 16.6. The summed E-state index contributed by atoms with van der Waals surface area (Å²) in [5.41, 5.74) is 2.25. The third-order valence-electron chi connectivity index (χ3n) is 4.48. The normalized spacial score (nSPS) is 29.6. The van der Waals surface area contributed by atoms with Crippen molar-refractivity contribution in [3.8, 4) is 0 Å². The van der Waals surface area contributed by atoms with Crippen LogP contribution in [0.3, 0.4) is 0 Å². The molecule has 1 saturated heterocycles. The average molecular weight is 353 g/mol. The molecule has 1 aliphatic heterocycles. The summed E-state index contributed by atoms with van der Waals surface area (Å²) in [6.45, 7) is 3.70. The number of hydrogen-bond donors (Lipinski definition) is 5. The molecule has 140 valence electrons. The molecule has 2 rings (SSSR count). The second-order valence-electron chi connectivity index (χ2n) is 6.71. The molecule has 0 spiro atoms.